The first-order chi connectivity index (χ1) is 10.4. The van der Waals surface area contributed by atoms with Crippen molar-refractivity contribution in [3.05, 3.63) is 29.8 Å². The van der Waals surface area contributed by atoms with Crippen molar-refractivity contribution < 1.29 is 8.42 Å². The van der Waals surface area contributed by atoms with E-state index in [1.807, 2.05) is 64.8 Å². The fourth-order valence-electron chi connectivity index (χ4n) is 2.19. The summed E-state index contributed by atoms with van der Waals surface area (Å²) in [6.07, 6.45) is 0. The van der Waals surface area contributed by atoms with Crippen molar-refractivity contribution in [2.24, 2.45) is 4.99 Å². The number of nitrogens with zero attached hydrogens (tertiary/aromatic N) is 3. The minimum atomic E-state index is -3.58. The SMILES string of the molecule is CN(C)C(=NCc1ccccc1S(=O)(=O)NC(C)(C)C)N(C)C. The maximum Gasteiger partial charge on any atom is 0.241 e. The first kappa shape index (κ1) is 19.4. The highest BCUT2D eigenvalue weighted by Gasteiger charge is 2.24. The van der Waals surface area contributed by atoms with Crippen LogP contribution >= 0.6 is 0 Å². The molecule has 1 aromatic carbocycles. The molecule has 0 unspecified atom stereocenters. The van der Waals surface area contributed by atoms with Gasteiger partial charge in [0.05, 0.1) is 11.4 Å². The average Bonchev–Trinajstić information content (AvgIpc) is 2.35. The predicted octanol–water partition coefficient (Wildman–Crippen LogP) is 1.74. The molecule has 1 aromatic rings. The number of benzene rings is 1. The van der Waals surface area contributed by atoms with Crippen molar-refractivity contribution in [1.29, 1.82) is 0 Å². The fourth-order valence-corrected chi connectivity index (χ4v) is 3.85. The van der Waals surface area contributed by atoms with Gasteiger partial charge in [0.25, 0.3) is 0 Å². The molecule has 0 fully saturated rings. The quantitative estimate of drug-likeness (QED) is 0.670. The molecule has 7 heteroatoms. The summed E-state index contributed by atoms with van der Waals surface area (Å²) < 4.78 is 27.9. The van der Waals surface area contributed by atoms with Crippen molar-refractivity contribution in [3.63, 3.8) is 0 Å². The Bertz CT molecular complexity index is 649. The number of nitrogens with one attached hydrogen (secondary N) is 1. The van der Waals surface area contributed by atoms with Gasteiger partial charge < -0.3 is 9.80 Å². The van der Waals surface area contributed by atoms with E-state index in [1.54, 1.807) is 18.2 Å². The van der Waals surface area contributed by atoms with E-state index in [0.29, 0.717) is 12.1 Å². The van der Waals surface area contributed by atoms with Gasteiger partial charge in [0.1, 0.15) is 0 Å². The molecule has 0 aliphatic heterocycles. The van der Waals surface area contributed by atoms with E-state index in [0.717, 1.165) is 5.96 Å². The van der Waals surface area contributed by atoms with Gasteiger partial charge in [0, 0.05) is 33.7 Å². The number of sulfonamides is 1. The molecule has 0 aromatic heterocycles. The smallest absolute Gasteiger partial charge is 0.241 e. The van der Waals surface area contributed by atoms with Gasteiger partial charge >= 0.3 is 0 Å². The van der Waals surface area contributed by atoms with E-state index in [-0.39, 0.29) is 4.90 Å². The average molecular weight is 340 g/mol. The zero-order valence-electron chi connectivity index (χ0n) is 15.1. The van der Waals surface area contributed by atoms with Crippen LogP contribution in [0.25, 0.3) is 0 Å². The molecule has 0 atom stereocenters. The molecule has 6 nitrogen and oxygen atoms in total. The van der Waals surface area contributed by atoms with E-state index in [4.69, 9.17) is 0 Å². The Kier molecular flexibility index (Phi) is 6.18. The van der Waals surface area contributed by atoms with E-state index < -0.39 is 15.6 Å². The van der Waals surface area contributed by atoms with Gasteiger partial charge in [-0.25, -0.2) is 18.1 Å². The monoisotopic (exact) mass is 340 g/mol. The summed E-state index contributed by atoms with van der Waals surface area (Å²) in [5.74, 6) is 0.779. The largest absolute Gasteiger partial charge is 0.349 e. The molecule has 1 N–H and O–H groups in total. The second-order valence-corrected chi connectivity index (χ2v) is 8.52. The summed E-state index contributed by atoms with van der Waals surface area (Å²) in [7, 11) is 4.04. The van der Waals surface area contributed by atoms with Crippen LogP contribution in [0.5, 0.6) is 0 Å². The number of hydrogen-bond donors (Lipinski definition) is 1. The number of guanidine groups is 1. The predicted molar refractivity (Wildman–Crippen MR) is 95.0 cm³/mol. The van der Waals surface area contributed by atoms with Crippen LogP contribution < -0.4 is 4.72 Å². The Morgan fingerprint density at radius 1 is 1.09 bits per heavy atom. The molecule has 0 aliphatic rings. The fraction of sp³-hybridized carbons (Fsp3) is 0.562. The summed E-state index contributed by atoms with van der Waals surface area (Å²) in [4.78, 5) is 8.60. The number of rotatable bonds is 4. The van der Waals surface area contributed by atoms with Gasteiger partial charge in [-0.15, -0.1) is 0 Å². The number of aliphatic imine (C=N–C) groups is 1. The zero-order valence-corrected chi connectivity index (χ0v) is 15.9. The van der Waals surface area contributed by atoms with E-state index in [1.165, 1.54) is 0 Å². The summed E-state index contributed by atoms with van der Waals surface area (Å²) in [5, 5.41) is 0. The van der Waals surface area contributed by atoms with Gasteiger partial charge in [0.15, 0.2) is 5.96 Å². The van der Waals surface area contributed by atoms with Crippen LogP contribution in [0.3, 0.4) is 0 Å². The molecule has 0 aliphatic carbocycles. The highest BCUT2D eigenvalue weighted by atomic mass is 32.2. The van der Waals surface area contributed by atoms with Gasteiger partial charge in [0.2, 0.25) is 10.0 Å². The molecule has 0 saturated heterocycles. The van der Waals surface area contributed by atoms with Crippen molar-refractivity contribution in [2.45, 2.75) is 37.8 Å². The van der Waals surface area contributed by atoms with Gasteiger partial charge in [-0.3, -0.25) is 0 Å². The number of hydrogen-bond acceptors (Lipinski definition) is 3. The summed E-state index contributed by atoms with van der Waals surface area (Å²) in [6, 6.07) is 6.96. The van der Waals surface area contributed by atoms with Crippen LogP contribution in [0, 0.1) is 0 Å². The minimum absolute atomic E-state index is 0.274. The Morgan fingerprint density at radius 3 is 2.09 bits per heavy atom. The lowest BCUT2D eigenvalue weighted by atomic mass is 10.1. The molecule has 0 spiro atoms. The summed E-state index contributed by atoms with van der Waals surface area (Å²) >= 11 is 0. The molecule has 0 radical (unpaired) electrons. The molecular formula is C16H28N4O2S. The lowest BCUT2D eigenvalue weighted by Crippen LogP contribution is -2.40. The Hall–Kier alpha value is -1.60. The lowest BCUT2D eigenvalue weighted by Gasteiger charge is -2.23. The summed E-state index contributed by atoms with van der Waals surface area (Å²) in [5.41, 5.74) is 0.138. The Morgan fingerprint density at radius 2 is 1.61 bits per heavy atom. The molecular weight excluding hydrogens is 312 g/mol. The van der Waals surface area contributed by atoms with Crippen LogP contribution in [0.15, 0.2) is 34.2 Å². The van der Waals surface area contributed by atoms with E-state index >= 15 is 0 Å². The molecule has 1 rings (SSSR count). The maximum atomic E-state index is 12.6. The normalized spacial score (nSPS) is 12.0. The second-order valence-electron chi connectivity index (χ2n) is 6.87. The topological polar surface area (TPSA) is 65.0 Å². The van der Waals surface area contributed by atoms with E-state index in [9.17, 15) is 8.42 Å². The molecule has 130 valence electrons. The van der Waals surface area contributed by atoms with Gasteiger partial charge in [-0.1, -0.05) is 18.2 Å². The third-order valence-corrected chi connectivity index (χ3v) is 4.75. The molecule has 0 bridgehead atoms. The molecule has 23 heavy (non-hydrogen) atoms. The van der Waals surface area contributed by atoms with Crippen molar-refractivity contribution in [1.82, 2.24) is 14.5 Å². The van der Waals surface area contributed by atoms with Crippen LogP contribution in [-0.4, -0.2) is 57.9 Å². The third-order valence-electron chi connectivity index (χ3n) is 2.89. The molecule has 0 amide bonds. The van der Waals surface area contributed by atoms with Crippen molar-refractivity contribution in [2.75, 3.05) is 28.2 Å². The van der Waals surface area contributed by atoms with Crippen LogP contribution in [0.2, 0.25) is 0 Å². The van der Waals surface area contributed by atoms with E-state index in [2.05, 4.69) is 9.71 Å². The Balaban J connectivity index is 3.19. The second kappa shape index (κ2) is 7.31. The maximum absolute atomic E-state index is 12.6. The lowest BCUT2D eigenvalue weighted by molar-refractivity contribution is 0.478. The summed E-state index contributed by atoms with van der Waals surface area (Å²) in [6.45, 7) is 5.76. The van der Waals surface area contributed by atoms with Crippen molar-refractivity contribution in [3.8, 4) is 0 Å². The Labute approximate surface area is 140 Å². The van der Waals surface area contributed by atoms with Crippen LogP contribution in [0.1, 0.15) is 26.3 Å². The standard InChI is InChI=1S/C16H28N4O2S/c1-16(2,3)18-23(21,22)14-11-9-8-10-13(14)12-17-15(19(4)5)20(6)7/h8-11,18H,12H2,1-7H3. The molecule has 0 saturated carbocycles. The zero-order chi connectivity index (χ0) is 17.8. The van der Waals surface area contributed by atoms with Gasteiger partial charge in [-0.05, 0) is 32.4 Å². The van der Waals surface area contributed by atoms with Crippen molar-refractivity contribution >= 4 is 16.0 Å². The first-order valence-corrected chi connectivity index (χ1v) is 8.93. The highest BCUT2D eigenvalue weighted by Crippen LogP contribution is 2.18. The van der Waals surface area contributed by atoms with Crippen LogP contribution in [0.4, 0.5) is 0 Å². The molecule has 0 heterocycles. The van der Waals surface area contributed by atoms with Gasteiger partial charge in [-0.2, -0.15) is 0 Å². The third kappa shape index (κ3) is 5.84. The van der Waals surface area contributed by atoms with Crippen LogP contribution in [-0.2, 0) is 16.6 Å². The highest BCUT2D eigenvalue weighted by molar-refractivity contribution is 7.89. The minimum Gasteiger partial charge on any atom is -0.349 e. The first-order valence-electron chi connectivity index (χ1n) is 7.45.